The number of nitrogens with zero attached hydrogens (tertiary/aromatic N) is 2. The summed E-state index contributed by atoms with van der Waals surface area (Å²) in [6, 6.07) is 12.1. The first-order valence-corrected chi connectivity index (χ1v) is 13.1. The molecule has 10 nitrogen and oxygen atoms in total. The molecule has 1 aromatic heterocycles. The van der Waals surface area contributed by atoms with Crippen molar-refractivity contribution in [3.63, 3.8) is 0 Å². The van der Waals surface area contributed by atoms with Gasteiger partial charge in [0.15, 0.2) is 11.1 Å². The van der Waals surface area contributed by atoms with Gasteiger partial charge in [0, 0.05) is 41.1 Å². The van der Waals surface area contributed by atoms with E-state index >= 15 is 0 Å². The summed E-state index contributed by atoms with van der Waals surface area (Å²) in [5.74, 6) is 0.930. The van der Waals surface area contributed by atoms with Crippen LogP contribution in [0, 0.1) is 11.7 Å². The third-order valence-corrected chi connectivity index (χ3v) is 5.97. The Morgan fingerprint density at radius 1 is 1.18 bits per heavy atom. The molecular weight excluding hydrogens is 476 g/mol. The van der Waals surface area contributed by atoms with E-state index in [1.165, 1.54) is 6.26 Å². The van der Waals surface area contributed by atoms with E-state index in [0.717, 1.165) is 16.7 Å². The molecule has 0 spiro atoms. The Labute approximate surface area is 202 Å². The molecule has 0 aliphatic rings. The molecule has 2 unspecified atom stereocenters. The Balaban J connectivity index is 1.87. The van der Waals surface area contributed by atoms with Gasteiger partial charge in [0.25, 0.3) is 0 Å². The largest absolute Gasteiger partial charge is 0.394 e. The highest BCUT2D eigenvalue weighted by atomic mass is 32.2. The van der Waals surface area contributed by atoms with Crippen LogP contribution in [0.4, 0.5) is 23.1 Å². The Morgan fingerprint density at radius 3 is 2.53 bits per heavy atom. The minimum atomic E-state index is -2.14. The lowest BCUT2D eigenvalue weighted by Crippen LogP contribution is -2.21. The lowest BCUT2D eigenvalue weighted by Gasteiger charge is -2.17. The number of rotatable bonds is 11. The lowest BCUT2D eigenvalue weighted by atomic mass is 10.0. The maximum atomic E-state index is 11.3. The summed E-state index contributed by atoms with van der Waals surface area (Å²) >= 11 is -1.45. The molecule has 3 aromatic rings. The number of aliphatic hydroxyl groups is 1. The number of anilines is 4. The highest BCUT2D eigenvalue weighted by molar-refractivity contribution is 7.79. The molecule has 3 rings (SSSR count). The average molecular weight is 505 g/mol. The molecule has 12 heteroatoms. The first kappa shape index (κ1) is 25.6. The third-order valence-electron chi connectivity index (χ3n) is 4.89. The number of nitrogens with one attached hydrogen (secondary N) is 4. The van der Waals surface area contributed by atoms with E-state index in [-0.39, 0.29) is 12.6 Å². The number of aliphatic hydroxyl groups excluding tert-OH is 1. The van der Waals surface area contributed by atoms with E-state index in [4.69, 9.17) is 9.06 Å². The van der Waals surface area contributed by atoms with Crippen molar-refractivity contribution in [1.29, 1.82) is 4.78 Å². The summed E-state index contributed by atoms with van der Waals surface area (Å²) in [6.45, 7) is 3.77. The van der Waals surface area contributed by atoms with Crippen LogP contribution in [0.3, 0.4) is 0 Å². The van der Waals surface area contributed by atoms with E-state index in [1.54, 1.807) is 30.5 Å². The van der Waals surface area contributed by atoms with Gasteiger partial charge in [-0.1, -0.05) is 6.07 Å². The van der Waals surface area contributed by atoms with Crippen LogP contribution in [0.5, 0.6) is 0 Å². The van der Waals surface area contributed by atoms with Crippen molar-refractivity contribution in [3.8, 4) is 0 Å². The summed E-state index contributed by atoms with van der Waals surface area (Å²) in [4.78, 5) is 9.48. The highest BCUT2D eigenvalue weighted by Gasteiger charge is 2.13. The highest BCUT2D eigenvalue weighted by Crippen LogP contribution is 2.24. The molecule has 5 N–H and O–H groups in total. The molecule has 182 valence electrons. The molecule has 0 aliphatic carbocycles. The van der Waals surface area contributed by atoms with E-state index in [1.807, 2.05) is 32.0 Å². The van der Waals surface area contributed by atoms with Crippen molar-refractivity contribution in [3.05, 3.63) is 65.4 Å². The maximum Gasteiger partial charge on any atom is 0.229 e. The van der Waals surface area contributed by atoms with Crippen LogP contribution in [0.2, 0.25) is 0 Å². The van der Waals surface area contributed by atoms with Gasteiger partial charge < -0.3 is 15.7 Å². The first-order chi connectivity index (χ1) is 16.2. The number of hydrogen-bond donors (Lipinski definition) is 6. The Morgan fingerprint density at radius 2 is 1.88 bits per heavy atom. The Bertz CT molecular complexity index is 1230. The first-order valence-electron chi connectivity index (χ1n) is 10.4. The number of hydrogen-bond acceptors (Lipinski definition) is 10. The van der Waals surface area contributed by atoms with Crippen molar-refractivity contribution in [2.24, 2.45) is 0 Å². The molecular formula is C22H28N6O4S2. The SMILES string of the molecule is Cc1ccc(NOS(C)=O)cc1Cc1cnc(Nc2ccc([SH](=N)=O)cc2)nc1N[C@H](C)CO. The van der Waals surface area contributed by atoms with Crippen molar-refractivity contribution in [2.45, 2.75) is 31.2 Å². The molecule has 34 heavy (non-hydrogen) atoms. The molecule has 0 saturated carbocycles. The number of benzene rings is 2. The zero-order valence-corrected chi connectivity index (χ0v) is 20.7. The van der Waals surface area contributed by atoms with Crippen molar-refractivity contribution in [2.75, 3.05) is 29.0 Å². The molecule has 1 heterocycles. The van der Waals surface area contributed by atoms with Gasteiger partial charge in [0.1, 0.15) is 5.82 Å². The topological polar surface area (TPSA) is 149 Å². The van der Waals surface area contributed by atoms with Crippen LogP contribution >= 0.6 is 0 Å². The second-order valence-corrected chi connectivity index (χ2v) is 9.74. The smallest absolute Gasteiger partial charge is 0.229 e. The van der Waals surface area contributed by atoms with Gasteiger partial charge in [-0.05, 0) is 61.4 Å². The molecule has 0 saturated heterocycles. The van der Waals surface area contributed by atoms with Crippen LogP contribution in [0.25, 0.3) is 0 Å². The number of aryl methyl sites for hydroxylation is 1. The van der Waals surface area contributed by atoms with Crippen LogP contribution in [0.15, 0.2) is 53.6 Å². The summed E-state index contributed by atoms with van der Waals surface area (Å²) < 4.78 is 34.8. The normalized spacial score (nSPS) is 13.6. The van der Waals surface area contributed by atoms with Gasteiger partial charge in [-0.25, -0.2) is 13.4 Å². The zero-order valence-electron chi connectivity index (χ0n) is 19.0. The zero-order chi connectivity index (χ0) is 24.7. The summed E-state index contributed by atoms with van der Waals surface area (Å²) in [6.07, 6.45) is 3.66. The minimum Gasteiger partial charge on any atom is -0.394 e. The third kappa shape index (κ3) is 7.22. The summed E-state index contributed by atoms with van der Waals surface area (Å²) in [5, 5.41) is 15.9. The van der Waals surface area contributed by atoms with E-state index < -0.39 is 21.7 Å². The van der Waals surface area contributed by atoms with Crippen LogP contribution in [-0.2, 0) is 32.4 Å². The quantitative estimate of drug-likeness (QED) is 0.171. The molecule has 2 aromatic carbocycles. The van der Waals surface area contributed by atoms with Crippen LogP contribution < -0.4 is 16.1 Å². The molecule has 0 fully saturated rings. The molecule has 0 radical (unpaired) electrons. The van der Waals surface area contributed by atoms with E-state index in [9.17, 15) is 13.5 Å². The van der Waals surface area contributed by atoms with Gasteiger partial charge in [-0.2, -0.15) is 9.27 Å². The Kier molecular flexibility index (Phi) is 8.93. The fourth-order valence-electron chi connectivity index (χ4n) is 3.05. The van der Waals surface area contributed by atoms with Gasteiger partial charge >= 0.3 is 0 Å². The Hall–Kier alpha value is -3.06. The lowest BCUT2D eigenvalue weighted by molar-refractivity contribution is 0.281. The average Bonchev–Trinajstić information content (AvgIpc) is 2.81. The van der Waals surface area contributed by atoms with Crippen molar-refractivity contribution in [1.82, 2.24) is 9.97 Å². The minimum absolute atomic E-state index is 0.0666. The molecule has 3 atom stereocenters. The maximum absolute atomic E-state index is 11.3. The number of aromatic nitrogens is 2. The monoisotopic (exact) mass is 504 g/mol. The van der Waals surface area contributed by atoms with Gasteiger partial charge in [0.2, 0.25) is 5.95 Å². The van der Waals surface area contributed by atoms with Gasteiger partial charge in [-0.15, -0.1) is 0 Å². The molecule has 0 aliphatic heterocycles. The number of thiol groups is 1. The van der Waals surface area contributed by atoms with Gasteiger partial charge in [0.05, 0.1) is 22.9 Å². The second-order valence-electron chi connectivity index (χ2n) is 7.67. The fraction of sp³-hybridized carbons (Fsp3) is 0.273. The second kappa shape index (κ2) is 11.9. The van der Waals surface area contributed by atoms with E-state index in [0.29, 0.717) is 34.5 Å². The summed E-state index contributed by atoms with van der Waals surface area (Å²) in [7, 11) is -2.14. The van der Waals surface area contributed by atoms with Crippen molar-refractivity contribution < 1.29 is 17.8 Å². The van der Waals surface area contributed by atoms with Crippen LogP contribution in [0.1, 0.15) is 23.6 Å². The van der Waals surface area contributed by atoms with Crippen LogP contribution in [-0.4, -0.2) is 42.4 Å². The standard InChI is InChI=1S/C22H28N6O4S2/c1-14-4-5-19(28-32-33(3)30)11-16(14)10-17-12-24-22(27-21(17)25-15(2)13-29)26-18-6-8-20(9-7-18)34(23)31/h4-9,11-12,15,23,28-29,34H,10,13H2,1-3H3,(H2,24,25,26,27)/t15-,33?/m1/s1. The predicted molar refractivity (Wildman–Crippen MR) is 135 cm³/mol. The molecule has 0 amide bonds. The van der Waals surface area contributed by atoms with E-state index in [2.05, 4.69) is 26.1 Å². The summed E-state index contributed by atoms with van der Waals surface area (Å²) in [5.41, 5.74) is 6.93. The molecule has 0 bridgehead atoms. The predicted octanol–water partition coefficient (Wildman–Crippen LogP) is 3.15. The van der Waals surface area contributed by atoms with Gasteiger partial charge in [-0.3, -0.25) is 10.3 Å². The fourth-order valence-corrected chi connectivity index (χ4v) is 3.68. The van der Waals surface area contributed by atoms with Crippen molar-refractivity contribution >= 4 is 44.8 Å².